The van der Waals surface area contributed by atoms with Crippen LogP contribution in [0.1, 0.15) is 24.3 Å². The molecule has 3 rings (SSSR count). The fourth-order valence-corrected chi connectivity index (χ4v) is 2.98. The van der Waals surface area contributed by atoms with E-state index in [0.717, 1.165) is 17.7 Å². The highest BCUT2D eigenvalue weighted by Gasteiger charge is 2.40. The number of carbonyl (C=O) groups is 2. The fraction of sp³-hybridized carbons (Fsp3) is 0.467. The van der Waals surface area contributed by atoms with E-state index in [1.54, 1.807) is 4.90 Å². The molecule has 0 N–H and O–H groups in total. The van der Waals surface area contributed by atoms with Crippen molar-refractivity contribution in [2.45, 2.75) is 24.8 Å². The van der Waals surface area contributed by atoms with Crippen LogP contribution in [0.2, 0.25) is 0 Å². The van der Waals surface area contributed by atoms with E-state index in [2.05, 4.69) is 0 Å². The van der Waals surface area contributed by atoms with E-state index >= 15 is 0 Å². The minimum absolute atomic E-state index is 0.0390. The number of likely N-dealkylation sites (tertiary alicyclic amines) is 1. The first-order valence-corrected chi connectivity index (χ1v) is 6.82. The minimum atomic E-state index is -0.444. The Balaban J connectivity index is 1.82. The SMILES string of the molecule is COC(=O)C1CCCN1C(=O)C1COc2ccccc21. The summed E-state index contributed by atoms with van der Waals surface area (Å²) in [4.78, 5) is 26.1. The Hall–Kier alpha value is -2.04. The second kappa shape index (κ2) is 5.15. The molecule has 1 aromatic rings. The number of rotatable bonds is 2. The summed E-state index contributed by atoms with van der Waals surface area (Å²) in [7, 11) is 1.36. The van der Waals surface area contributed by atoms with Gasteiger partial charge in [-0.15, -0.1) is 0 Å². The van der Waals surface area contributed by atoms with Gasteiger partial charge in [-0.3, -0.25) is 4.79 Å². The highest BCUT2D eigenvalue weighted by molar-refractivity contribution is 5.90. The second-order valence-corrected chi connectivity index (χ2v) is 5.11. The van der Waals surface area contributed by atoms with Gasteiger partial charge in [0.05, 0.1) is 7.11 Å². The highest BCUT2D eigenvalue weighted by atomic mass is 16.5. The Kier molecular flexibility index (Phi) is 3.34. The van der Waals surface area contributed by atoms with Crippen LogP contribution < -0.4 is 4.74 Å². The molecule has 1 fully saturated rings. The van der Waals surface area contributed by atoms with E-state index in [-0.39, 0.29) is 17.8 Å². The third-order valence-corrected chi connectivity index (χ3v) is 4.01. The normalized spacial score (nSPS) is 24.1. The molecule has 2 unspecified atom stereocenters. The van der Waals surface area contributed by atoms with E-state index < -0.39 is 6.04 Å². The van der Waals surface area contributed by atoms with Crippen molar-refractivity contribution < 1.29 is 19.1 Å². The summed E-state index contributed by atoms with van der Waals surface area (Å²) in [5.74, 6) is 0.0852. The van der Waals surface area contributed by atoms with Crippen molar-refractivity contribution in [1.82, 2.24) is 4.90 Å². The van der Waals surface area contributed by atoms with Gasteiger partial charge in [0.2, 0.25) is 5.91 Å². The zero-order valence-corrected chi connectivity index (χ0v) is 11.4. The number of esters is 1. The van der Waals surface area contributed by atoms with Crippen molar-refractivity contribution in [3.8, 4) is 5.75 Å². The van der Waals surface area contributed by atoms with E-state index in [9.17, 15) is 9.59 Å². The van der Waals surface area contributed by atoms with Crippen LogP contribution in [0.15, 0.2) is 24.3 Å². The van der Waals surface area contributed by atoms with Gasteiger partial charge in [-0.05, 0) is 18.9 Å². The lowest BCUT2D eigenvalue weighted by molar-refractivity contribution is -0.151. The number of ether oxygens (including phenoxy) is 2. The smallest absolute Gasteiger partial charge is 0.328 e. The average molecular weight is 275 g/mol. The molecule has 5 nitrogen and oxygen atoms in total. The number of benzene rings is 1. The number of hydrogen-bond acceptors (Lipinski definition) is 4. The Morgan fingerprint density at radius 2 is 2.15 bits per heavy atom. The first-order chi connectivity index (χ1) is 9.72. The molecule has 0 bridgehead atoms. The lowest BCUT2D eigenvalue weighted by Gasteiger charge is -2.25. The van der Waals surface area contributed by atoms with E-state index in [1.165, 1.54) is 7.11 Å². The number of hydrogen-bond donors (Lipinski definition) is 0. The molecule has 1 aromatic carbocycles. The van der Waals surface area contributed by atoms with Crippen LogP contribution in [0.4, 0.5) is 0 Å². The predicted octanol–water partition coefficient (Wildman–Crippen LogP) is 1.33. The zero-order chi connectivity index (χ0) is 14.1. The molecule has 2 aliphatic rings. The Morgan fingerprint density at radius 1 is 1.35 bits per heavy atom. The predicted molar refractivity (Wildman–Crippen MR) is 71.4 cm³/mol. The van der Waals surface area contributed by atoms with Crippen LogP contribution in [0, 0.1) is 0 Å². The van der Waals surface area contributed by atoms with Crippen LogP contribution >= 0.6 is 0 Å². The van der Waals surface area contributed by atoms with Gasteiger partial charge in [0, 0.05) is 12.1 Å². The van der Waals surface area contributed by atoms with Crippen molar-refractivity contribution in [3.63, 3.8) is 0 Å². The summed E-state index contributed by atoms with van der Waals surface area (Å²) in [6.45, 7) is 0.958. The molecule has 2 atom stereocenters. The molecule has 20 heavy (non-hydrogen) atoms. The molecule has 0 aromatic heterocycles. The maximum atomic E-state index is 12.7. The Bertz CT molecular complexity index is 542. The number of methoxy groups -OCH3 is 1. The number of fused-ring (bicyclic) bond motifs is 1. The minimum Gasteiger partial charge on any atom is -0.492 e. The summed E-state index contributed by atoms with van der Waals surface area (Å²) in [5, 5.41) is 0. The molecule has 0 spiro atoms. The number of para-hydroxylation sites is 1. The maximum absolute atomic E-state index is 12.7. The van der Waals surface area contributed by atoms with Gasteiger partial charge in [0.1, 0.15) is 24.3 Å². The quantitative estimate of drug-likeness (QED) is 0.764. The van der Waals surface area contributed by atoms with Crippen molar-refractivity contribution >= 4 is 11.9 Å². The molecule has 106 valence electrons. The van der Waals surface area contributed by atoms with Crippen molar-refractivity contribution in [2.75, 3.05) is 20.3 Å². The molecular formula is C15H17NO4. The van der Waals surface area contributed by atoms with Crippen molar-refractivity contribution in [2.24, 2.45) is 0 Å². The summed E-state index contributed by atoms with van der Waals surface area (Å²) < 4.78 is 10.3. The fourth-order valence-electron chi connectivity index (χ4n) is 2.98. The summed E-state index contributed by atoms with van der Waals surface area (Å²) in [5.41, 5.74) is 0.910. The van der Waals surface area contributed by atoms with Gasteiger partial charge in [-0.1, -0.05) is 18.2 Å². The topological polar surface area (TPSA) is 55.8 Å². The zero-order valence-electron chi connectivity index (χ0n) is 11.4. The van der Waals surface area contributed by atoms with Gasteiger partial charge < -0.3 is 14.4 Å². The first-order valence-electron chi connectivity index (χ1n) is 6.82. The molecule has 0 radical (unpaired) electrons. The molecule has 1 saturated heterocycles. The molecule has 2 heterocycles. The summed E-state index contributed by atoms with van der Waals surface area (Å²) in [6.07, 6.45) is 1.51. The van der Waals surface area contributed by atoms with Gasteiger partial charge in [-0.2, -0.15) is 0 Å². The third-order valence-electron chi connectivity index (χ3n) is 4.01. The number of nitrogens with zero attached hydrogens (tertiary/aromatic N) is 1. The summed E-state index contributed by atoms with van der Waals surface area (Å²) in [6, 6.07) is 7.12. The number of amides is 1. The van der Waals surface area contributed by atoms with Crippen molar-refractivity contribution in [3.05, 3.63) is 29.8 Å². The molecule has 2 aliphatic heterocycles. The Morgan fingerprint density at radius 3 is 2.95 bits per heavy atom. The second-order valence-electron chi connectivity index (χ2n) is 5.11. The van der Waals surface area contributed by atoms with Crippen LogP contribution in [0.3, 0.4) is 0 Å². The van der Waals surface area contributed by atoms with Gasteiger partial charge in [-0.25, -0.2) is 4.79 Å². The largest absolute Gasteiger partial charge is 0.492 e. The van der Waals surface area contributed by atoms with Crippen LogP contribution in [0.25, 0.3) is 0 Å². The van der Waals surface area contributed by atoms with Crippen LogP contribution in [-0.2, 0) is 14.3 Å². The standard InChI is InChI=1S/C15H17NO4/c1-19-15(18)12-6-4-8-16(12)14(17)11-9-20-13-7-3-2-5-10(11)13/h2-3,5,7,11-12H,4,6,8-9H2,1H3. The lowest BCUT2D eigenvalue weighted by Crippen LogP contribution is -2.43. The third kappa shape index (κ3) is 2.03. The summed E-state index contributed by atoms with van der Waals surface area (Å²) >= 11 is 0. The van der Waals surface area contributed by atoms with Gasteiger partial charge in [0.15, 0.2) is 0 Å². The van der Waals surface area contributed by atoms with Crippen LogP contribution in [0.5, 0.6) is 5.75 Å². The number of carbonyl (C=O) groups excluding carboxylic acids is 2. The van der Waals surface area contributed by atoms with E-state index in [0.29, 0.717) is 19.6 Å². The molecule has 5 heteroatoms. The monoisotopic (exact) mass is 275 g/mol. The van der Waals surface area contributed by atoms with Gasteiger partial charge >= 0.3 is 5.97 Å². The average Bonchev–Trinajstić information content (AvgIpc) is 3.12. The lowest BCUT2D eigenvalue weighted by atomic mass is 9.99. The van der Waals surface area contributed by atoms with Crippen LogP contribution in [-0.4, -0.2) is 43.1 Å². The van der Waals surface area contributed by atoms with Crippen molar-refractivity contribution in [1.29, 1.82) is 0 Å². The maximum Gasteiger partial charge on any atom is 0.328 e. The molecular weight excluding hydrogens is 258 g/mol. The molecule has 0 aliphatic carbocycles. The Labute approximate surface area is 117 Å². The molecule has 0 saturated carbocycles. The van der Waals surface area contributed by atoms with E-state index in [4.69, 9.17) is 9.47 Å². The highest BCUT2D eigenvalue weighted by Crippen LogP contribution is 2.36. The molecule has 1 amide bonds. The van der Waals surface area contributed by atoms with E-state index in [1.807, 2.05) is 24.3 Å². The van der Waals surface area contributed by atoms with Gasteiger partial charge in [0.25, 0.3) is 0 Å². The first kappa shape index (κ1) is 13.0.